The minimum atomic E-state index is -0.453. The van der Waals surface area contributed by atoms with Crippen molar-refractivity contribution in [2.75, 3.05) is 19.6 Å². The van der Waals surface area contributed by atoms with Gasteiger partial charge in [0.2, 0.25) is 0 Å². The second kappa shape index (κ2) is 5.95. The number of nitrogens with zero attached hydrogens (tertiary/aromatic N) is 1. The van der Waals surface area contributed by atoms with Crippen molar-refractivity contribution in [1.29, 1.82) is 0 Å². The Morgan fingerprint density at radius 1 is 1.04 bits per heavy atom. The molecule has 28 heavy (non-hydrogen) atoms. The summed E-state index contributed by atoms with van der Waals surface area (Å²) in [4.78, 5) is 14.2. The zero-order valence-electron chi connectivity index (χ0n) is 16.7. The van der Waals surface area contributed by atoms with Gasteiger partial charge in [-0.05, 0) is 53.9 Å². The Morgan fingerprint density at radius 2 is 1.68 bits per heavy atom. The highest BCUT2D eigenvalue weighted by atomic mass is 16.6. The molecule has 0 bridgehead atoms. The van der Waals surface area contributed by atoms with Crippen molar-refractivity contribution in [2.45, 2.75) is 32.4 Å². The van der Waals surface area contributed by atoms with Crippen LogP contribution in [-0.2, 0) is 4.74 Å². The number of fused-ring (bicyclic) bond motifs is 3. The Kier molecular flexibility index (Phi) is 3.72. The topological polar surface area (TPSA) is 41.6 Å². The zero-order chi connectivity index (χ0) is 19.5. The molecule has 144 valence electrons. The van der Waals surface area contributed by atoms with Crippen LogP contribution in [0.3, 0.4) is 0 Å². The van der Waals surface area contributed by atoms with Crippen molar-refractivity contribution in [2.24, 2.45) is 5.41 Å². The summed E-state index contributed by atoms with van der Waals surface area (Å²) in [5.41, 5.74) is 0.998. The molecule has 0 aromatic heterocycles. The van der Waals surface area contributed by atoms with E-state index in [2.05, 4.69) is 59.9 Å². The van der Waals surface area contributed by atoms with E-state index in [1.807, 2.05) is 25.7 Å². The Labute approximate surface area is 165 Å². The number of benzene rings is 3. The number of amides is 1. The van der Waals surface area contributed by atoms with Crippen LogP contribution in [0.1, 0.15) is 32.4 Å². The second-order valence-corrected chi connectivity index (χ2v) is 9.25. The van der Waals surface area contributed by atoms with Gasteiger partial charge in [-0.15, -0.1) is 0 Å². The van der Waals surface area contributed by atoms with Gasteiger partial charge in [-0.2, -0.15) is 0 Å². The van der Waals surface area contributed by atoms with Crippen LogP contribution in [0, 0.1) is 5.41 Å². The Bertz CT molecular complexity index is 1080. The Balaban J connectivity index is 1.47. The second-order valence-electron chi connectivity index (χ2n) is 9.25. The number of rotatable bonds is 1. The van der Waals surface area contributed by atoms with Gasteiger partial charge in [0.25, 0.3) is 0 Å². The summed E-state index contributed by atoms with van der Waals surface area (Å²) < 4.78 is 5.54. The van der Waals surface area contributed by atoms with Gasteiger partial charge in [-0.25, -0.2) is 4.79 Å². The van der Waals surface area contributed by atoms with Crippen molar-refractivity contribution in [1.82, 2.24) is 10.2 Å². The van der Waals surface area contributed by atoms with Crippen LogP contribution in [0.4, 0.5) is 4.79 Å². The Morgan fingerprint density at radius 3 is 2.32 bits per heavy atom. The summed E-state index contributed by atoms with van der Waals surface area (Å²) in [5, 5.41) is 8.79. The molecule has 1 amide bonds. The van der Waals surface area contributed by atoms with Crippen molar-refractivity contribution < 1.29 is 9.53 Å². The molecule has 3 aromatic rings. The summed E-state index contributed by atoms with van der Waals surface area (Å²) in [6.45, 7) is 8.18. The minimum absolute atomic E-state index is 0.113. The van der Waals surface area contributed by atoms with Crippen LogP contribution in [0.25, 0.3) is 21.5 Å². The fourth-order valence-electron chi connectivity index (χ4n) is 4.72. The molecule has 2 aliphatic rings. The van der Waals surface area contributed by atoms with Crippen LogP contribution in [-0.4, -0.2) is 36.2 Å². The largest absolute Gasteiger partial charge is 0.444 e. The van der Waals surface area contributed by atoms with Crippen molar-refractivity contribution in [3.8, 4) is 0 Å². The van der Waals surface area contributed by atoms with Crippen molar-refractivity contribution >= 4 is 27.6 Å². The lowest BCUT2D eigenvalue weighted by Crippen LogP contribution is -2.73. The maximum Gasteiger partial charge on any atom is 0.410 e. The van der Waals surface area contributed by atoms with E-state index in [0.717, 1.165) is 19.6 Å². The average molecular weight is 374 g/mol. The molecule has 1 N–H and O–H groups in total. The average Bonchev–Trinajstić information content (AvgIpc) is 2.58. The quantitative estimate of drug-likeness (QED) is 0.618. The number of likely N-dealkylation sites (tertiary alicyclic amines) is 1. The number of nitrogens with one attached hydrogen (secondary N) is 1. The number of carbonyl (C=O) groups excluding carboxylic acids is 1. The molecule has 3 aromatic carbocycles. The molecule has 1 spiro atoms. The highest BCUT2D eigenvalue weighted by Gasteiger charge is 2.57. The van der Waals surface area contributed by atoms with Gasteiger partial charge < -0.3 is 15.0 Å². The molecular weight excluding hydrogens is 348 g/mol. The summed E-state index contributed by atoms with van der Waals surface area (Å²) in [6, 6.07) is 19.8. The molecular formula is C24H26N2O2. The maximum absolute atomic E-state index is 12.4. The standard InChI is InChI=1S/C24H26N2O2/c1-23(2,3)28-22(27)26-14-24(15-26)13-25-21(24)20-12-16-8-4-5-9-17(16)18-10-6-7-11-19(18)20/h4-12,21,25H,13-15H2,1-3H3. The van der Waals surface area contributed by atoms with E-state index in [-0.39, 0.29) is 17.6 Å². The summed E-state index contributed by atoms with van der Waals surface area (Å²) in [6.07, 6.45) is -0.202. The van der Waals surface area contributed by atoms with E-state index in [1.165, 1.54) is 27.1 Å². The number of carbonyl (C=O) groups is 1. The fraction of sp³-hybridized carbons (Fsp3) is 0.375. The van der Waals surface area contributed by atoms with E-state index < -0.39 is 5.60 Å². The monoisotopic (exact) mass is 374 g/mol. The van der Waals surface area contributed by atoms with Gasteiger partial charge in [-0.3, -0.25) is 0 Å². The molecule has 2 fully saturated rings. The molecule has 1 atom stereocenters. The molecule has 4 nitrogen and oxygen atoms in total. The highest BCUT2D eigenvalue weighted by Crippen LogP contribution is 2.50. The molecule has 4 heteroatoms. The van der Waals surface area contributed by atoms with Crippen molar-refractivity contribution in [3.05, 3.63) is 60.2 Å². The molecule has 1 unspecified atom stereocenters. The van der Waals surface area contributed by atoms with Crippen LogP contribution < -0.4 is 5.32 Å². The molecule has 2 heterocycles. The fourth-order valence-corrected chi connectivity index (χ4v) is 4.72. The van der Waals surface area contributed by atoms with Gasteiger partial charge in [0.15, 0.2) is 0 Å². The molecule has 5 rings (SSSR count). The lowest BCUT2D eigenvalue weighted by atomic mass is 9.64. The lowest BCUT2D eigenvalue weighted by Gasteiger charge is -2.60. The first-order chi connectivity index (χ1) is 13.4. The Hall–Kier alpha value is -2.59. The molecule has 0 saturated carbocycles. The lowest BCUT2D eigenvalue weighted by molar-refractivity contribution is -0.0851. The van der Waals surface area contributed by atoms with Gasteiger partial charge in [-0.1, -0.05) is 48.5 Å². The van der Waals surface area contributed by atoms with Crippen LogP contribution in [0.2, 0.25) is 0 Å². The zero-order valence-corrected chi connectivity index (χ0v) is 16.7. The van der Waals surface area contributed by atoms with Gasteiger partial charge in [0, 0.05) is 31.1 Å². The van der Waals surface area contributed by atoms with Gasteiger partial charge in [0.05, 0.1) is 0 Å². The van der Waals surface area contributed by atoms with E-state index in [4.69, 9.17) is 4.74 Å². The van der Waals surface area contributed by atoms with E-state index >= 15 is 0 Å². The minimum Gasteiger partial charge on any atom is -0.444 e. The van der Waals surface area contributed by atoms with Crippen LogP contribution in [0.15, 0.2) is 54.6 Å². The highest BCUT2D eigenvalue weighted by molar-refractivity contribution is 6.09. The SMILES string of the molecule is CC(C)(C)OC(=O)N1CC2(CNC2c2cc3ccccc3c3ccccc23)C1. The first-order valence-electron chi connectivity index (χ1n) is 9.98. The first kappa shape index (κ1) is 17.5. The first-order valence-corrected chi connectivity index (χ1v) is 9.98. The third-order valence-electron chi connectivity index (χ3n) is 6.04. The van der Waals surface area contributed by atoms with Crippen molar-refractivity contribution in [3.63, 3.8) is 0 Å². The van der Waals surface area contributed by atoms with E-state index in [1.54, 1.807) is 0 Å². The summed E-state index contributed by atoms with van der Waals surface area (Å²) >= 11 is 0. The third-order valence-corrected chi connectivity index (χ3v) is 6.04. The maximum atomic E-state index is 12.4. The number of ether oxygens (including phenoxy) is 1. The smallest absolute Gasteiger partial charge is 0.410 e. The van der Waals surface area contributed by atoms with Crippen LogP contribution in [0.5, 0.6) is 0 Å². The van der Waals surface area contributed by atoms with E-state index in [9.17, 15) is 4.79 Å². The predicted octanol–water partition coefficient (Wildman–Crippen LogP) is 4.87. The summed E-state index contributed by atoms with van der Waals surface area (Å²) in [5.74, 6) is 0. The molecule has 0 aliphatic carbocycles. The van der Waals surface area contributed by atoms with Gasteiger partial charge in [0.1, 0.15) is 5.60 Å². The normalized spacial score (nSPS) is 20.8. The number of hydrogen-bond donors (Lipinski definition) is 1. The predicted molar refractivity (Wildman–Crippen MR) is 112 cm³/mol. The summed E-state index contributed by atoms with van der Waals surface area (Å²) in [7, 11) is 0. The molecule has 2 saturated heterocycles. The molecule has 0 radical (unpaired) electrons. The van der Waals surface area contributed by atoms with E-state index in [0.29, 0.717) is 0 Å². The third kappa shape index (κ3) is 2.67. The number of hydrogen-bond acceptors (Lipinski definition) is 3. The van der Waals surface area contributed by atoms with Crippen LogP contribution >= 0.6 is 0 Å². The van der Waals surface area contributed by atoms with Gasteiger partial charge >= 0.3 is 6.09 Å². The molecule has 2 aliphatic heterocycles.